The fourth-order valence-electron chi connectivity index (χ4n) is 1.32. The van der Waals surface area contributed by atoms with Gasteiger partial charge in [0.2, 0.25) is 0 Å². The van der Waals surface area contributed by atoms with Crippen LogP contribution >= 0.6 is 22.6 Å². The second kappa shape index (κ2) is 4.20. The van der Waals surface area contributed by atoms with Crippen molar-refractivity contribution >= 4 is 28.3 Å². The summed E-state index contributed by atoms with van der Waals surface area (Å²) in [5, 5.41) is 10.5. The van der Waals surface area contributed by atoms with Crippen molar-refractivity contribution in [2.45, 2.75) is 6.92 Å². The van der Waals surface area contributed by atoms with Crippen molar-refractivity contribution in [3.05, 3.63) is 44.0 Å². The second-order valence-electron chi connectivity index (χ2n) is 3.16. The summed E-state index contributed by atoms with van der Waals surface area (Å²) < 4.78 is 5.97. The van der Waals surface area contributed by atoms with Gasteiger partial charge in [0.1, 0.15) is 5.69 Å². The first-order valence-electron chi connectivity index (χ1n) is 4.45. The average molecular weight is 330 g/mol. The molecule has 1 aromatic carbocycles. The Labute approximate surface area is 105 Å². The van der Waals surface area contributed by atoms with Gasteiger partial charge < -0.3 is 4.42 Å². The summed E-state index contributed by atoms with van der Waals surface area (Å²) in [6, 6.07) is 6.24. The van der Waals surface area contributed by atoms with Gasteiger partial charge in [0, 0.05) is 47.2 Å². The molecule has 1 heterocycles. The highest BCUT2D eigenvalue weighted by atomic mass is 127. The topological polar surface area (TPSA) is 69.2 Å². The van der Waals surface area contributed by atoms with Crippen molar-refractivity contribution < 1.29 is 9.34 Å². The van der Waals surface area contributed by atoms with Gasteiger partial charge in [-0.1, -0.05) is 0 Å². The van der Waals surface area contributed by atoms with Gasteiger partial charge in [0.25, 0.3) is 5.69 Å². The Morgan fingerprint density at radius 3 is 2.44 bits per heavy atom. The van der Waals surface area contributed by atoms with E-state index in [2.05, 4.69) is 4.98 Å². The largest absolute Gasteiger partial charge is 0.435 e. The van der Waals surface area contributed by atoms with Gasteiger partial charge in [-0.05, 0) is 12.1 Å². The molecule has 1 aromatic heterocycles. The van der Waals surface area contributed by atoms with E-state index < -0.39 is 4.92 Å². The Balaban J connectivity index is 2.42. The number of aryl methyl sites for hydroxylation is 1. The van der Waals surface area contributed by atoms with Crippen LogP contribution in [-0.4, -0.2) is 9.91 Å². The van der Waals surface area contributed by atoms with E-state index in [1.54, 1.807) is 19.1 Å². The molecule has 82 valence electrons. The van der Waals surface area contributed by atoms with Crippen molar-refractivity contribution in [3.8, 4) is 11.3 Å². The van der Waals surface area contributed by atoms with E-state index in [0.717, 1.165) is 5.56 Å². The Morgan fingerprint density at radius 1 is 1.38 bits per heavy atom. The molecule has 0 aliphatic rings. The van der Waals surface area contributed by atoms with E-state index >= 15 is 0 Å². The number of aromatic nitrogens is 1. The Hall–Kier alpha value is -1.44. The highest BCUT2D eigenvalue weighted by molar-refractivity contribution is 14.1. The van der Waals surface area contributed by atoms with Gasteiger partial charge >= 0.3 is 0 Å². The predicted molar refractivity (Wildman–Crippen MR) is 66.0 cm³/mol. The molecule has 2 rings (SSSR count). The Kier molecular flexibility index (Phi) is 2.90. The lowest BCUT2D eigenvalue weighted by atomic mass is 10.1. The minimum atomic E-state index is -0.428. The SMILES string of the molecule is Cc1nc(-c2ccc([N+](=O)[O-])cc2)c(I)o1. The molecule has 0 bridgehead atoms. The van der Waals surface area contributed by atoms with E-state index in [1.165, 1.54) is 12.1 Å². The molecule has 0 saturated carbocycles. The van der Waals surface area contributed by atoms with Crippen molar-refractivity contribution in [3.63, 3.8) is 0 Å². The molecule has 0 spiro atoms. The van der Waals surface area contributed by atoms with E-state index in [4.69, 9.17) is 4.42 Å². The number of hydrogen-bond acceptors (Lipinski definition) is 4. The van der Waals surface area contributed by atoms with Gasteiger partial charge in [0.05, 0.1) is 4.92 Å². The zero-order valence-electron chi connectivity index (χ0n) is 8.31. The van der Waals surface area contributed by atoms with Crippen LogP contribution in [0.15, 0.2) is 28.7 Å². The minimum Gasteiger partial charge on any atom is -0.435 e. The molecule has 2 aromatic rings. The van der Waals surface area contributed by atoms with E-state index in [9.17, 15) is 10.1 Å². The number of non-ortho nitro benzene ring substituents is 1. The fraction of sp³-hybridized carbons (Fsp3) is 0.100. The molecular weight excluding hydrogens is 323 g/mol. The second-order valence-corrected chi connectivity index (χ2v) is 4.14. The van der Waals surface area contributed by atoms with Crippen molar-refractivity contribution in [2.24, 2.45) is 0 Å². The summed E-state index contributed by atoms with van der Waals surface area (Å²) in [6.07, 6.45) is 0. The molecule has 0 N–H and O–H groups in total. The molecule has 0 amide bonds. The summed E-state index contributed by atoms with van der Waals surface area (Å²) >= 11 is 2.04. The Bertz CT molecular complexity index is 533. The summed E-state index contributed by atoms with van der Waals surface area (Å²) in [6.45, 7) is 1.76. The maximum atomic E-state index is 10.5. The lowest BCUT2D eigenvalue weighted by molar-refractivity contribution is -0.384. The van der Waals surface area contributed by atoms with Crippen LogP contribution in [0.2, 0.25) is 0 Å². The number of benzene rings is 1. The van der Waals surface area contributed by atoms with Gasteiger partial charge in [-0.15, -0.1) is 0 Å². The predicted octanol–water partition coefficient (Wildman–Crippen LogP) is 3.16. The zero-order chi connectivity index (χ0) is 11.7. The van der Waals surface area contributed by atoms with Crippen molar-refractivity contribution in [2.75, 3.05) is 0 Å². The number of rotatable bonds is 2. The minimum absolute atomic E-state index is 0.0685. The molecule has 16 heavy (non-hydrogen) atoms. The first-order valence-corrected chi connectivity index (χ1v) is 5.53. The van der Waals surface area contributed by atoms with Crippen LogP contribution in [0.1, 0.15) is 5.89 Å². The Morgan fingerprint density at radius 2 is 2.00 bits per heavy atom. The molecular formula is C10H7IN2O3. The smallest absolute Gasteiger partial charge is 0.269 e. The van der Waals surface area contributed by atoms with Crippen LogP contribution in [0.4, 0.5) is 5.69 Å². The number of hydrogen-bond donors (Lipinski definition) is 0. The fourth-order valence-corrected chi connectivity index (χ4v) is 2.07. The zero-order valence-corrected chi connectivity index (χ0v) is 10.5. The third-order valence-electron chi connectivity index (χ3n) is 2.04. The molecule has 0 saturated heterocycles. The summed E-state index contributed by atoms with van der Waals surface area (Å²) in [7, 11) is 0. The highest BCUT2D eigenvalue weighted by Crippen LogP contribution is 2.26. The third-order valence-corrected chi connectivity index (χ3v) is 2.78. The van der Waals surface area contributed by atoms with Crippen LogP contribution in [-0.2, 0) is 0 Å². The quantitative estimate of drug-likeness (QED) is 0.482. The molecule has 0 aliphatic carbocycles. The number of oxazole rings is 1. The highest BCUT2D eigenvalue weighted by Gasteiger charge is 2.12. The van der Waals surface area contributed by atoms with Gasteiger partial charge in [-0.3, -0.25) is 10.1 Å². The third kappa shape index (κ3) is 2.06. The maximum Gasteiger partial charge on any atom is 0.269 e. The summed E-state index contributed by atoms with van der Waals surface area (Å²) in [5.41, 5.74) is 1.60. The normalized spacial score (nSPS) is 10.4. The van der Waals surface area contributed by atoms with E-state index in [1.807, 2.05) is 22.6 Å². The molecule has 0 radical (unpaired) electrons. The molecule has 0 aliphatic heterocycles. The molecule has 6 heteroatoms. The van der Waals surface area contributed by atoms with Gasteiger partial charge in [0.15, 0.2) is 9.66 Å². The van der Waals surface area contributed by atoms with Crippen LogP contribution < -0.4 is 0 Å². The first kappa shape index (κ1) is 11.1. The average Bonchev–Trinajstić information content (AvgIpc) is 2.58. The number of halogens is 1. The number of nitro groups is 1. The van der Waals surface area contributed by atoms with Crippen molar-refractivity contribution in [1.29, 1.82) is 0 Å². The summed E-state index contributed by atoms with van der Waals surface area (Å²) in [5.74, 6) is 0.581. The van der Waals surface area contributed by atoms with Gasteiger partial charge in [-0.2, -0.15) is 0 Å². The molecule has 0 unspecified atom stereocenters. The van der Waals surface area contributed by atoms with Crippen LogP contribution in [0.5, 0.6) is 0 Å². The van der Waals surface area contributed by atoms with Gasteiger partial charge in [-0.25, -0.2) is 4.98 Å². The molecule has 0 fully saturated rings. The van der Waals surface area contributed by atoms with Crippen LogP contribution in [0, 0.1) is 20.8 Å². The van der Waals surface area contributed by atoms with Crippen LogP contribution in [0.3, 0.4) is 0 Å². The molecule has 0 atom stereocenters. The summed E-state index contributed by atoms with van der Waals surface area (Å²) in [4.78, 5) is 14.3. The lowest BCUT2D eigenvalue weighted by Crippen LogP contribution is -1.87. The first-order chi connectivity index (χ1) is 7.58. The van der Waals surface area contributed by atoms with Crippen LogP contribution in [0.25, 0.3) is 11.3 Å². The van der Waals surface area contributed by atoms with E-state index in [0.29, 0.717) is 15.4 Å². The monoisotopic (exact) mass is 330 g/mol. The lowest BCUT2D eigenvalue weighted by Gasteiger charge is -1.96. The maximum absolute atomic E-state index is 10.5. The molecule has 5 nitrogen and oxygen atoms in total. The standard InChI is InChI=1S/C10H7IN2O3/c1-6-12-9(10(11)16-6)7-2-4-8(5-3-7)13(14)15/h2-5H,1H3. The van der Waals surface area contributed by atoms with E-state index in [-0.39, 0.29) is 5.69 Å². The number of nitro benzene ring substituents is 1. The van der Waals surface area contributed by atoms with Crippen molar-refractivity contribution in [1.82, 2.24) is 4.98 Å². The number of nitrogens with zero attached hydrogens (tertiary/aromatic N) is 2.